The largest absolute Gasteiger partial charge is 0.324 e. The van der Waals surface area contributed by atoms with Crippen molar-refractivity contribution in [3.8, 4) is 0 Å². The third-order valence-electron chi connectivity index (χ3n) is 2.13. The third kappa shape index (κ3) is 2.56. The molecule has 3 N–H and O–H groups in total. The van der Waals surface area contributed by atoms with Gasteiger partial charge in [0.2, 0.25) is 5.91 Å². The maximum atomic E-state index is 11.6. The fourth-order valence-electron chi connectivity index (χ4n) is 1.01. The molecule has 4 heteroatoms. The molecule has 78 valence electrons. The average molecular weight is 212 g/mol. The molecule has 0 aromatic carbocycles. The van der Waals surface area contributed by atoms with Gasteiger partial charge >= 0.3 is 0 Å². The van der Waals surface area contributed by atoms with E-state index in [2.05, 4.69) is 5.32 Å². The van der Waals surface area contributed by atoms with E-state index in [1.165, 1.54) is 0 Å². The number of aryl methyl sites for hydroxylation is 1. The zero-order chi connectivity index (χ0) is 10.7. The van der Waals surface area contributed by atoms with Crippen LogP contribution >= 0.6 is 11.3 Å². The lowest BCUT2D eigenvalue weighted by Gasteiger charge is -2.14. The molecule has 1 unspecified atom stereocenters. The molecule has 0 spiro atoms. The van der Waals surface area contributed by atoms with Gasteiger partial charge in [-0.1, -0.05) is 13.8 Å². The second kappa shape index (κ2) is 4.57. The molecule has 0 aliphatic heterocycles. The van der Waals surface area contributed by atoms with Crippen LogP contribution in [0.15, 0.2) is 10.8 Å². The topological polar surface area (TPSA) is 55.1 Å². The molecule has 1 aromatic heterocycles. The predicted octanol–water partition coefficient (Wildman–Crippen LogP) is 1.98. The van der Waals surface area contributed by atoms with E-state index in [9.17, 15) is 4.79 Å². The van der Waals surface area contributed by atoms with Gasteiger partial charge in [-0.25, -0.2) is 0 Å². The second-order valence-corrected chi connectivity index (χ2v) is 4.47. The summed E-state index contributed by atoms with van der Waals surface area (Å²) in [7, 11) is 0. The van der Waals surface area contributed by atoms with E-state index in [1.807, 2.05) is 31.5 Å². The second-order valence-electron chi connectivity index (χ2n) is 3.73. The van der Waals surface area contributed by atoms with Gasteiger partial charge in [0.25, 0.3) is 0 Å². The average Bonchev–Trinajstić information content (AvgIpc) is 2.50. The van der Waals surface area contributed by atoms with E-state index >= 15 is 0 Å². The van der Waals surface area contributed by atoms with Crippen molar-refractivity contribution < 1.29 is 4.79 Å². The Morgan fingerprint density at radius 3 is 2.57 bits per heavy atom. The SMILES string of the molecule is Cc1cscc1NC(=O)C(N)C(C)C. The van der Waals surface area contributed by atoms with Crippen LogP contribution in [0.1, 0.15) is 19.4 Å². The Labute approximate surface area is 88.3 Å². The van der Waals surface area contributed by atoms with Crippen molar-refractivity contribution in [1.29, 1.82) is 0 Å². The Morgan fingerprint density at radius 2 is 2.14 bits per heavy atom. The first kappa shape index (κ1) is 11.2. The molecule has 1 aromatic rings. The maximum Gasteiger partial charge on any atom is 0.241 e. The van der Waals surface area contributed by atoms with E-state index in [1.54, 1.807) is 11.3 Å². The summed E-state index contributed by atoms with van der Waals surface area (Å²) in [5.74, 6) is 0.0513. The highest BCUT2D eigenvalue weighted by Gasteiger charge is 2.17. The van der Waals surface area contributed by atoms with Crippen molar-refractivity contribution >= 4 is 22.9 Å². The molecule has 0 radical (unpaired) electrons. The van der Waals surface area contributed by atoms with Crippen molar-refractivity contribution in [3.05, 3.63) is 16.3 Å². The van der Waals surface area contributed by atoms with Gasteiger partial charge in [0.15, 0.2) is 0 Å². The van der Waals surface area contributed by atoms with Gasteiger partial charge in [0.05, 0.1) is 11.7 Å². The molecule has 0 bridgehead atoms. The molecule has 0 saturated carbocycles. The number of anilines is 1. The molecular formula is C10H16N2OS. The lowest BCUT2D eigenvalue weighted by atomic mass is 10.1. The minimum atomic E-state index is -0.436. The van der Waals surface area contributed by atoms with Crippen LogP contribution in [-0.4, -0.2) is 11.9 Å². The molecule has 1 rings (SSSR count). The van der Waals surface area contributed by atoms with Gasteiger partial charge < -0.3 is 11.1 Å². The van der Waals surface area contributed by atoms with Crippen LogP contribution in [0.4, 0.5) is 5.69 Å². The summed E-state index contributed by atoms with van der Waals surface area (Å²) >= 11 is 1.57. The molecule has 14 heavy (non-hydrogen) atoms. The Bertz CT molecular complexity index is 320. The van der Waals surface area contributed by atoms with Crippen molar-refractivity contribution in [3.63, 3.8) is 0 Å². The summed E-state index contributed by atoms with van der Waals surface area (Å²) in [6.45, 7) is 5.84. The van der Waals surface area contributed by atoms with Crippen LogP contribution in [0.3, 0.4) is 0 Å². The number of hydrogen-bond donors (Lipinski definition) is 2. The summed E-state index contributed by atoms with van der Waals surface area (Å²) in [4.78, 5) is 11.6. The molecule has 0 aliphatic rings. The Morgan fingerprint density at radius 1 is 1.50 bits per heavy atom. The van der Waals surface area contributed by atoms with Gasteiger partial charge in [0.1, 0.15) is 0 Å². The molecule has 1 atom stereocenters. The van der Waals surface area contributed by atoms with Crippen LogP contribution in [0.2, 0.25) is 0 Å². The van der Waals surface area contributed by atoms with E-state index in [0.717, 1.165) is 11.3 Å². The van der Waals surface area contributed by atoms with Gasteiger partial charge in [-0.2, -0.15) is 0 Å². The molecule has 0 fully saturated rings. The molecule has 1 heterocycles. The zero-order valence-electron chi connectivity index (χ0n) is 8.70. The van der Waals surface area contributed by atoms with Gasteiger partial charge in [-0.3, -0.25) is 4.79 Å². The van der Waals surface area contributed by atoms with Crippen molar-refractivity contribution in [2.45, 2.75) is 26.8 Å². The molecular weight excluding hydrogens is 196 g/mol. The minimum absolute atomic E-state index is 0.110. The molecule has 3 nitrogen and oxygen atoms in total. The monoisotopic (exact) mass is 212 g/mol. The first-order valence-corrected chi connectivity index (χ1v) is 5.56. The summed E-state index contributed by atoms with van der Waals surface area (Å²) < 4.78 is 0. The van der Waals surface area contributed by atoms with Crippen LogP contribution in [-0.2, 0) is 4.79 Å². The number of nitrogens with two attached hydrogens (primary N) is 1. The van der Waals surface area contributed by atoms with Crippen molar-refractivity contribution in [2.24, 2.45) is 11.7 Å². The standard InChI is InChI=1S/C10H16N2OS/c1-6(2)9(11)10(13)12-8-5-14-4-7(8)3/h4-6,9H,11H2,1-3H3,(H,12,13). The number of hydrogen-bond acceptors (Lipinski definition) is 3. The van der Waals surface area contributed by atoms with E-state index in [4.69, 9.17) is 5.73 Å². The zero-order valence-corrected chi connectivity index (χ0v) is 9.52. The van der Waals surface area contributed by atoms with Gasteiger partial charge in [-0.05, 0) is 23.8 Å². The third-order valence-corrected chi connectivity index (χ3v) is 3.00. The predicted molar refractivity (Wildman–Crippen MR) is 60.5 cm³/mol. The summed E-state index contributed by atoms with van der Waals surface area (Å²) in [5, 5.41) is 6.73. The van der Waals surface area contributed by atoms with Gasteiger partial charge in [0, 0.05) is 5.38 Å². The lowest BCUT2D eigenvalue weighted by molar-refractivity contribution is -0.118. The summed E-state index contributed by atoms with van der Waals surface area (Å²) in [6, 6.07) is -0.436. The highest BCUT2D eigenvalue weighted by molar-refractivity contribution is 7.08. The minimum Gasteiger partial charge on any atom is -0.324 e. The number of thiophene rings is 1. The normalized spacial score (nSPS) is 12.9. The lowest BCUT2D eigenvalue weighted by Crippen LogP contribution is -2.39. The van der Waals surface area contributed by atoms with Crippen molar-refractivity contribution in [2.75, 3.05) is 5.32 Å². The van der Waals surface area contributed by atoms with Crippen molar-refractivity contribution in [1.82, 2.24) is 0 Å². The van der Waals surface area contributed by atoms with Crippen LogP contribution in [0.5, 0.6) is 0 Å². The fraction of sp³-hybridized carbons (Fsp3) is 0.500. The summed E-state index contributed by atoms with van der Waals surface area (Å²) in [5.41, 5.74) is 7.67. The Hall–Kier alpha value is -0.870. The highest BCUT2D eigenvalue weighted by Crippen LogP contribution is 2.19. The smallest absolute Gasteiger partial charge is 0.241 e. The van der Waals surface area contributed by atoms with E-state index < -0.39 is 6.04 Å². The first-order valence-electron chi connectivity index (χ1n) is 4.61. The number of carbonyl (C=O) groups excluding carboxylic acids is 1. The quantitative estimate of drug-likeness (QED) is 0.805. The Balaban J connectivity index is 2.62. The summed E-state index contributed by atoms with van der Waals surface area (Å²) in [6.07, 6.45) is 0. The molecule has 1 amide bonds. The molecule has 0 saturated heterocycles. The van der Waals surface area contributed by atoms with Crippen LogP contribution in [0, 0.1) is 12.8 Å². The Kier molecular flexibility index (Phi) is 3.66. The number of nitrogens with one attached hydrogen (secondary N) is 1. The maximum absolute atomic E-state index is 11.6. The molecule has 0 aliphatic carbocycles. The van der Waals surface area contributed by atoms with E-state index in [-0.39, 0.29) is 11.8 Å². The van der Waals surface area contributed by atoms with Crippen LogP contribution in [0.25, 0.3) is 0 Å². The van der Waals surface area contributed by atoms with Gasteiger partial charge in [-0.15, -0.1) is 11.3 Å². The number of rotatable bonds is 3. The van der Waals surface area contributed by atoms with Crippen LogP contribution < -0.4 is 11.1 Å². The fourth-order valence-corrected chi connectivity index (χ4v) is 1.79. The first-order chi connectivity index (χ1) is 6.52. The highest BCUT2D eigenvalue weighted by atomic mass is 32.1. The number of amides is 1. The number of carbonyl (C=O) groups is 1. The van der Waals surface area contributed by atoms with E-state index in [0.29, 0.717) is 0 Å².